The summed E-state index contributed by atoms with van der Waals surface area (Å²) >= 11 is 10.3. The van der Waals surface area contributed by atoms with Crippen LogP contribution in [0.15, 0.2) is 94.3 Å². The molecule has 1 fully saturated rings. The lowest BCUT2D eigenvalue weighted by atomic mass is 10.2. The fourth-order valence-electron chi connectivity index (χ4n) is 4.18. The van der Waals surface area contributed by atoms with Crippen LogP contribution in [0.3, 0.4) is 0 Å². The van der Waals surface area contributed by atoms with Crippen molar-refractivity contribution in [3.63, 3.8) is 0 Å². The Hall–Kier alpha value is -3.13. The fourth-order valence-corrected chi connectivity index (χ4v) is 5.73. The van der Waals surface area contributed by atoms with E-state index in [9.17, 15) is 4.79 Å². The zero-order valence-corrected chi connectivity index (χ0v) is 23.0. The van der Waals surface area contributed by atoms with Crippen molar-refractivity contribution in [1.82, 2.24) is 4.57 Å². The van der Waals surface area contributed by atoms with Crippen molar-refractivity contribution in [2.24, 2.45) is 0 Å². The van der Waals surface area contributed by atoms with E-state index in [0.29, 0.717) is 15.8 Å². The number of aromatic nitrogens is 1. The van der Waals surface area contributed by atoms with Gasteiger partial charge in [0.1, 0.15) is 12.4 Å². The smallest absolute Gasteiger partial charge is 0.270 e. The first-order valence-corrected chi connectivity index (χ1v) is 13.4. The van der Waals surface area contributed by atoms with Gasteiger partial charge >= 0.3 is 0 Å². The van der Waals surface area contributed by atoms with Crippen LogP contribution in [0.25, 0.3) is 11.8 Å². The maximum Gasteiger partial charge on any atom is 0.270 e. The number of carbonyl (C=O) groups excluding carboxylic acids is 1. The van der Waals surface area contributed by atoms with Gasteiger partial charge in [-0.2, -0.15) is 0 Å². The van der Waals surface area contributed by atoms with Crippen molar-refractivity contribution in [2.45, 2.75) is 20.5 Å². The largest absolute Gasteiger partial charge is 0.489 e. The molecule has 1 aliphatic rings. The molecule has 0 radical (unpaired) electrons. The molecule has 1 aromatic heterocycles. The molecule has 36 heavy (non-hydrogen) atoms. The molecule has 180 valence electrons. The van der Waals surface area contributed by atoms with Crippen LogP contribution in [-0.2, 0) is 11.4 Å². The number of thiocarbonyl (C=S) groups is 1. The first-order chi connectivity index (χ1) is 17.4. The maximum absolute atomic E-state index is 13.1. The van der Waals surface area contributed by atoms with Gasteiger partial charge in [-0.3, -0.25) is 9.69 Å². The summed E-state index contributed by atoms with van der Waals surface area (Å²) in [7, 11) is 0. The second-order valence-electron chi connectivity index (χ2n) is 8.42. The molecule has 1 aliphatic heterocycles. The van der Waals surface area contributed by atoms with Gasteiger partial charge in [0.15, 0.2) is 4.32 Å². The minimum absolute atomic E-state index is 0.0896. The van der Waals surface area contributed by atoms with Crippen molar-refractivity contribution < 1.29 is 9.53 Å². The number of para-hydroxylation sites is 1. The van der Waals surface area contributed by atoms with E-state index in [1.807, 2.05) is 72.8 Å². The van der Waals surface area contributed by atoms with Gasteiger partial charge in [0.25, 0.3) is 5.91 Å². The van der Waals surface area contributed by atoms with Crippen molar-refractivity contribution in [3.05, 3.63) is 117 Å². The molecule has 1 saturated heterocycles. The van der Waals surface area contributed by atoms with Crippen LogP contribution in [0.2, 0.25) is 0 Å². The van der Waals surface area contributed by atoms with Gasteiger partial charge in [-0.05, 0) is 85.6 Å². The molecular formula is C29H23BrN2O2S2. The average Bonchev–Trinajstić information content (AvgIpc) is 3.32. The summed E-state index contributed by atoms with van der Waals surface area (Å²) in [6.45, 7) is 4.64. The molecule has 0 N–H and O–H groups in total. The highest BCUT2D eigenvalue weighted by molar-refractivity contribution is 9.10. The predicted molar refractivity (Wildman–Crippen MR) is 156 cm³/mol. The normalized spacial score (nSPS) is 14.6. The number of amides is 1. The fraction of sp³-hybridized carbons (Fsp3) is 0.103. The van der Waals surface area contributed by atoms with Crippen LogP contribution >= 0.6 is 39.9 Å². The summed E-state index contributed by atoms with van der Waals surface area (Å²) in [6.07, 6.45) is 1.94. The SMILES string of the molecule is Cc1cc(/C=C2/SC(=S)N(c3ccccc3)C2=O)c(C)n1-c1ccc(OCc2ccc(Br)cc2)cc1. The van der Waals surface area contributed by atoms with Crippen LogP contribution in [-0.4, -0.2) is 14.8 Å². The molecule has 5 rings (SSSR count). The summed E-state index contributed by atoms with van der Waals surface area (Å²) in [5, 5.41) is 0. The number of hydrogen-bond donors (Lipinski definition) is 0. The van der Waals surface area contributed by atoms with Crippen molar-refractivity contribution >= 4 is 61.9 Å². The Bertz CT molecular complexity index is 1460. The number of aryl methyl sites for hydroxylation is 1. The van der Waals surface area contributed by atoms with E-state index in [0.717, 1.165) is 44.1 Å². The Labute approximate surface area is 228 Å². The zero-order valence-electron chi connectivity index (χ0n) is 19.8. The molecule has 4 aromatic rings. The van der Waals surface area contributed by atoms with Crippen molar-refractivity contribution in [1.29, 1.82) is 0 Å². The van der Waals surface area contributed by atoms with Crippen molar-refractivity contribution in [2.75, 3.05) is 4.90 Å². The second-order valence-corrected chi connectivity index (χ2v) is 11.0. The van der Waals surface area contributed by atoms with Crippen LogP contribution in [0.1, 0.15) is 22.5 Å². The van der Waals surface area contributed by atoms with E-state index in [4.69, 9.17) is 17.0 Å². The monoisotopic (exact) mass is 574 g/mol. The van der Waals surface area contributed by atoms with E-state index >= 15 is 0 Å². The van der Waals surface area contributed by atoms with Gasteiger partial charge in [0.2, 0.25) is 0 Å². The van der Waals surface area contributed by atoms with E-state index in [-0.39, 0.29) is 5.91 Å². The Morgan fingerprint density at radius 2 is 1.64 bits per heavy atom. The summed E-state index contributed by atoms with van der Waals surface area (Å²) in [6, 6.07) is 27.8. The molecule has 0 atom stereocenters. The predicted octanol–water partition coefficient (Wildman–Crippen LogP) is 7.84. The molecule has 2 heterocycles. The van der Waals surface area contributed by atoms with E-state index < -0.39 is 0 Å². The number of anilines is 1. The lowest BCUT2D eigenvalue weighted by Gasteiger charge is -2.13. The minimum Gasteiger partial charge on any atom is -0.489 e. The van der Waals surface area contributed by atoms with Crippen molar-refractivity contribution in [3.8, 4) is 11.4 Å². The van der Waals surface area contributed by atoms with E-state index in [1.165, 1.54) is 11.8 Å². The quantitative estimate of drug-likeness (QED) is 0.173. The molecule has 0 aliphatic carbocycles. The Balaban J connectivity index is 1.35. The zero-order chi connectivity index (χ0) is 25.2. The van der Waals surface area contributed by atoms with Crippen LogP contribution in [0.4, 0.5) is 5.69 Å². The number of carbonyl (C=O) groups is 1. The minimum atomic E-state index is -0.0896. The number of hydrogen-bond acceptors (Lipinski definition) is 4. The molecular weight excluding hydrogens is 552 g/mol. The van der Waals surface area contributed by atoms with Gasteiger partial charge in [-0.15, -0.1) is 0 Å². The number of rotatable bonds is 6. The summed E-state index contributed by atoms with van der Waals surface area (Å²) in [5.74, 6) is 0.724. The van der Waals surface area contributed by atoms with Gasteiger partial charge in [-0.1, -0.05) is 70.2 Å². The summed E-state index contributed by atoms with van der Waals surface area (Å²) < 4.78 is 9.73. The van der Waals surface area contributed by atoms with Gasteiger partial charge in [0, 0.05) is 21.5 Å². The van der Waals surface area contributed by atoms with Crippen LogP contribution in [0.5, 0.6) is 5.75 Å². The van der Waals surface area contributed by atoms with Gasteiger partial charge < -0.3 is 9.30 Å². The lowest BCUT2D eigenvalue weighted by molar-refractivity contribution is -0.113. The number of ether oxygens (including phenoxy) is 1. The Morgan fingerprint density at radius 3 is 2.33 bits per heavy atom. The second kappa shape index (κ2) is 10.5. The third kappa shape index (κ3) is 5.05. The standard InChI is InChI=1S/C29H23BrN2O2S2/c1-19-16-22(17-27-28(33)32(29(35)36-27)24-6-4-3-5-7-24)20(2)31(19)25-12-14-26(15-13-25)34-18-21-8-10-23(30)11-9-21/h3-17H,18H2,1-2H3/b27-17+. The molecule has 7 heteroatoms. The lowest BCUT2D eigenvalue weighted by Crippen LogP contribution is -2.27. The van der Waals surface area contributed by atoms with E-state index in [2.05, 4.69) is 52.5 Å². The number of nitrogens with zero attached hydrogens (tertiary/aromatic N) is 2. The molecule has 0 spiro atoms. The molecule has 1 amide bonds. The summed E-state index contributed by atoms with van der Waals surface area (Å²) in [5.41, 5.74) is 6.08. The van der Waals surface area contributed by atoms with Gasteiger partial charge in [-0.25, -0.2) is 0 Å². The highest BCUT2D eigenvalue weighted by Crippen LogP contribution is 2.37. The number of benzene rings is 3. The third-order valence-electron chi connectivity index (χ3n) is 5.98. The highest BCUT2D eigenvalue weighted by Gasteiger charge is 2.33. The molecule has 0 unspecified atom stereocenters. The van der Waals surface area contributed by atoms with Crippen LogP contribution < -0.4 is 9.64 Å². The molecule has 4 nitrogen and oxygen atoms in total. The first kappa shape index (κ1) is 24.6. The number of halogens is 1. The number of thioether (sulfide) groups is 1. The molecule has 0 saturated carbocycles. The Morgan fingerprint density at radius 1 is 0.944 bits per heavy atom. The summed E-state index contributed by atoms with van der Waals surface area (Å²) in [4.78, 5) is 15.4. The molecule has 3 aromatic carbocycles. The topological polar surface area (TPSA) is 34.5 Å². The Kier molecular flexibility index (Phi) is 7.14. The van der Waals surface area contributed by atoms with Gasteiger partial charge in [0.05, 0.1) is 10.6 Å². The third-order valence-corrected chi connectivity index (χ3v) is 7.81. The highest BCUT2D eigenvalue weighted by atomic mass is 79.9. The first-order valence-electron chi connectivity index (χ1n) is 11.4. The average molecular weight is 576 g/mol. The molecule has 0 bridgehead atoms. The van der Waals surface area contributed by atoms with Crippen LogP contribution in [0, 0.1) is 13.8 Å². The van der Waals surface area contributed by atoms with E-state index in [1.54, 1.807) is 4.90 Å². The maximum atomic E-state index is 13.1.